The molecule has 3 nitrogen and oxygen atoms in total. The van der Waals surface area contributed by atoms with Crippen molar-refractivity contribution < 1.29 is 9.53 Å². The molecule has 1 saturated carbocycles. The summed E-state index contributed by atoms with van der Waals surface area (Å²) in [7, 11) is 0. The smallest absolute Gasteiger partial charge is 0.326 e. The van der Waals surface area contributed by atoms with Crippen molar-refractivity contribution >= 4 is 5.97 Å². The summed E-state index contributed by atoms with van der Waals surface area (Å²) in [6.45, 7) is 8.53. The molecule has 88 valence electrons. The van der Waals surface area contributed by atoms with Crippen LogP contribution in [0.4, 0.5) is 0 Å². The molecular formula is C12H23NO2. The Balaban J connectivity index is 2.64. The lowest BCUT2D eigenvalue weighted by Gasteiger charge is -2.31. The lowest BCUT2D eigenvalue weighted by atomic mass is 9.94. The Kier molecular flexibility index (Phi) is 4.14. The Morgan fingerprint density at radius 3 is 2.53 bits per heavy atom. The number of carbonyl (C=O) groups is 1. The topological polar surface area (TPSA) is 38.3 Å². The minimum Gasteiger partial charge on any atom is -0.465 e. The summed E-state index contributed by atoms with van der Waals surface area (Å²) in [6, 6.07) is 0.361. The summed E-state index contributed by atoms with van der Waals surface area (Å²) in [4.78, 5) is 11.9. The molecule has 1 N–H and O–H groups in total. The standard InChI is InChI=1S/C12H23NO2/c1-5-9(3)13-12(4,10-7-8-10)11(14)15-6-2/h9-10,13H,5-8H2,1-4H3. The van der Waals surface area contributed by atoms with Gasteiger partial charge in [0.15, 0.2) is 0 Å². The van der Waals surface area contributed by atoms with Crippen LogP contribution in [0.25, 0.3) is 0 Å². The first-order valence-corrected chi connectivity index (χ1v) is 5.99. The number of hydrogen-bond donors (Lipinski definition) is 1. The van der Waals surface area contributed by atoms with Crippen molar-refractivity contribution in [2.24, 2.45) is 5.92 Å². The van der Waals surface area contributed by atoms with Gasteiger partial charge >= 0.3 is 5.97 Å². The van der Waals surface area contributed by atoms with Crippen molar-refractivity contribution in [3.63, 3.8) is 0 Å². The molecule has 3 heteroatoms. The zero-order valence-electron chi connectivity index (χ0n) is 10.3. The van der Waals surface area contributed by atoms with Crippen LogP contribution in [0.5, 0.6) is 0 Å². The Morgan fingerprint density at radius 2 is 2.13 bits per heavy atom. The lowest BCUT2D eigenvalue weighted by molar-refractivity contribution is -0.151. The quantitative estimate of drug-likeness (QED) is 0.687. The van der Waals surface area contributed by atoms with Crippen LogP contribution in [0.1, 0.15) is 47.0 Å². The maximum absolute atomic E-state index is 11.9. The molecule has 0 aliphatic heterocycles. The summed E-state index contributed by atoms with van der Waals surface area (Å²) >= 11 is 0. The maximum Gasteiger partial charge on any atom is 0.326 e. The van der Waals surface area contributed by atoms with E-state index < -0.39 is 5.54 Å². The third kappa shape index (κ3) is 2.94. The van der Waals surface area contributed by atoms with Crippen molar-refractivity contribution in [3.05, 3.63) is 0 Å². The van der Waals surface area contributed by atoms with Gasteiger partial charge in [-0.15, -0.1) is 0 Å². The van der Waals surface area contributed by atoms with Gasteiger partial charge in [-0.25, -0.2) is 0 Å². The third-order valence-electron chi connectivity index (χ3n) is 3.25. The van der Waals surface area contributed by atoms with Gasteiger partial charge in [0.25, 0.3) is 0 Å². The van der Waals surface area contributed by atoms with Gasteiger partial charge in [0.2, 0.25) is 0 Å². The number of rotatable bonds is 6. The van der Waals surface area contributed by atoms with Gasteiger partial charge in [0.05, 0.1) is 6.61 Å². The van der Waals surface area contributed by atoms with Crippen molar-refractivity contribution in [2.45, 2.75) is 58.5 Å². The summed E-state index contributed by atoms with van der Waals surface area (Å²) in [6.07, 6.45) is 3.30. The molecule has 1 aliphatic carbocycles. The fourth-order valence-corrected chi connectivity index (χ4v) is 1.90. The van der Waals surface area contributed by atoms with E-state index in [2.05, 4.69) is 19.2 Å². The number of hydrogen-bond acceptors (Lipinski definition) is 3. The molecule has 0 aromatic rings. The molecule has 1 fully saturated rings. The molecule has 0 bridgehead atoms. The van der Waals surface area contributed by atoms with Gasteiger partial charge < -0.3 is 4.74 Å². The number of ether oxygens (including phenoxy) is 1. The summed E-state index contributed by atoms with van der Waals surface area (Å²) in [5.41, 5.74) is -0.467. The van der Waals surface area contributed by atoms with E-state index in [1.54, 1.807) is 0 Å². The van der Waals surface area contributed by atoms with E-state index in [9.17, 15) is 4.79 Å². The highest BCUT2D eigenvalue weighted by molar-refractivity contribution is 5.81. The van der Waals surface area contributed by atoms with E-state index in [1.165, 1.54) is 0 Å². The van der Waals surface area contributed by atoms with Crippen LogP contribution in [0.3, 0.4) is 0 Å². The fourth-order valence-electron chi connectivity index (χ4n) is 1.90. The number of carbonyl (C=O) groups excluding carboxylic acids is 1. The van der Waals surface area contributed by atoms with E-state index >= 15 is 0 Å². The van der Waals surface area contributed by atoms with Crippen LogP contribution in [-0.4, -0.2) is 24.2 Å². The van der Waals surface area contributed by atoms with Crippen LogP contribution in [0.15, 0.2) is 0 Å². The molecule has 0 spiro atoms. The number of esters is 1. The van der Waals surface area contributed by atoms with Crippen LogP contribution < -0.4 is 5.32 Å². The molecule has 0 aromatic heterocycles. The fraction of sp³-hybridized carbons (Fsp3) is 0.917. The van der Waals surface area contributed by atoms with Gasteiger partial charge in [-0.1, -0.05) is 6.92 Å². The molecule has 15 heavy (non-hydrogen) atoms. The highest BCUT2D eigenvalue weighted by Gasteiger charge is 2.48. The van der Waals surface area contributed by atoms with E-state index in [0.717, 1.165) is 19.3 Å². The Labute approximate surface area is 92.6 Å². The SMILES string of the molecule is CCOC(=O)C(C)(NC(C)CC)C1CC1. The van der Waals surface area contributed by atoms with E-state index in [-0.39, 0.29) is 5.97 Å². The monoisotopic (exact) mass is 213 g/mol. The third-order valence-corrected chi connectivity index (χ3v) is 3.25. The van der Waals surface area contributed by atoms with Gasteiger partial charge in [-0.2, -0.15) is 0 Å². The van der Waals surface area contributed by atoms with Gasteiger partial charge in [0, 0.05) is 6.04 Å². The van der Waals surface area contributed by atoms with Crippen LogP contribution in [0, 0.1) is 5.92 Å². The normalized spacial score (nSPS) is 21.9. The summed E-state index contributed by atoms with van der Waals surface area (Å²) < 4.78 is 5.15. The van der Waals surface area contributed by atoms with Gasteiger partial charge in [-0.05, 0) is 46.0 Å². The largest absolute Gasteiger partial charge is 0.465 e. The minimum atomic E-state index is -0.467. The second-order valence-electron chi connectivity index (χ2n) is 4.65. The Hall–Kier alpha value is -0.570. The first-order valence-electron chi connectivity index (χ1n) is 5.99. The van der Waals surface area contributed by atoms with E-state index in [1.807, 2.05) is 13.8 Å². The Bertz CT molecular complexity index is 226. The molecule has 1 aliphatic rings. The highest BCUT2D eigenvalue weighted by atomic mass is 16.5. The summed E-state index contributed by atoms with van der Waals surface area (Å²) in [5, 5.41) is 3.42. The van der Waals surface area contributed by atoms with Crippen molar-refractivity contribution in [1.82, 2.24) is 5.32 Å². The van der Waals surface area contributed by atoms with Crippen LogP contribution >= 0.6 is 0 Å². The molecule has 0 amide bonds. The van der Waals surface area contributed by atoms with Gasteiger partial charge in [-0.3, -0.25) is 10.1 Å². The molecule has 0 aromatic carbocycles. The second kappa shape index (κ2) is 4.97. The zero-order chi connectivity index (χ0) is 11.5. The average Bonchev–Trinajstić information content (AvgIpc) is 3.01. The van der Waals surface area contributed by atoms with Crippen molar-refractivity contribution in [3.8, 4) is 0 Å². The molecule has 0 saturated heterocycles. The van der Waals surface area contributed by atoms with E-state index in [4.69, 9.17) is 4.74 Å². The van der Waals surface area contributed by atoms with Crippen LogP contribution in [-0.2, 0) is 9.53 Å². The maximum atomic E-state index is 11.9. The molecule has 0 heterocycles. The molecular weight excluding hydrogens is 190 g/mol. The average molecular weight is 213 g/mol. The zero-order valence-corrected chi connectivity index (χ0v) is 10.3. The first kappa shape index (κ1) is 12.5. The highest BCUT2D eigenvalue weighted by Crippen LogP contribution is 2.40. The van der Waals surface area contributed by atoms with Crippen LogP contribution in [0.2, 0.25) is 0 Å². The molecule has 2 atom stereocenters. The van der Waals surface area contributed by atoms with Gasteiger partial charge in [0.1, 0.15) is 5.54 Å². The predicted octanol–water partition coefficient (Wildman–Crippen LogP) is 2.11. The van der Waals surface area contributed by atoms with Crippen molar-refractivity contribution in [1.29, 1.82) is 0 Å². The molecule has 1 rings (SSSR count). The molecule has 0 radical (unpaired) electrons. The Morgan fingerprint density at radius 1 is 1.53 bits per heavy atom. The minimum absolute atomic E-state index is 0.0900. The lowest BCUT2D eigenvalue weighted by Crippen LogP contribution is -2.55. The predicted molar refractivity (Wildman–Crippen MR) is 60.7 cm³/mol. The number of nitrogens with one attached hydrogen (secondary N) is 1. The first-order chi connectivity index (χ1) is 7.04. The second-order valence-corrected chi connectivity index (χ2v) is 4.65. The summed E-state index contributed by atoms with van der Waals surface area (Å²) in [5.74, 6) is 0.373. The van der Waals surface area contributed by atoms with E-state index in [0.29, 0.717) is 18.6 Å². The molecule has 2 unspecified atom stereocenters. The van der Waals surface area contributed by atoms with Crippen molar-refractivity contribution in [2.75, 3.05) is 6.61 Å².